The Bertz CT molecular complexity index is 434. The molecule has 1 unspecified atom stereocenters. The van der Waals surface area contributed by atoms with Gasteiger partial charge in [-0.3, -0.25) is 0 Å². The van der Waals surface area contributed by atoms with Crippen LogP contribution in [-0.4, -0.2) is 42.9 Å². The molecule has 0 fully saturated rings. The monoisotopic (exact) mass is 280 g/mol. The fourth-order valence-electron chi connectivity index (χ4n) is 2.57. The van der Waals surface area contributed by atoms with Crippen molar-refractivity contribution in [1.82, 2.24) is 5.32 Å². The number of hydrogen-bond acceptors (Lipinski definition) is 4. The van der Waals surface area contributed by atoms with Crippen molar-refractivity contribution in [1.29, 1.82) is 0 Å². The van der Waals surface area contributed by atoms with E-state index >= 15 is 0 Å². The van der Waals surface area contributed by atoms with Crippen molar-refractivity contribution < 1.29 is 5.11 Å². The number of thioether (sulfide) groups is 1. The van der Waals surface area contributed by atoms with Gasteiger partial charge in [-0.05, 0) is 36.8 Å². The summed E-state index contributed by atoms with van der Waals surface area (Å²) in [5, 5.41) is 13.4. The molecule has 106 valence electrons. The molecule has 1 aromatic rings. The Balaban J connectivity index is 1.87. The van der Waals surface area contributed by atoms with Crippen molar-refractivity contribution in [3.63, 3.8) is 0 Å². The molecule has 1 atom stereocenters. The summed E-state index contributed by atoms with van der Waals surface area (Å²) in [7, 11) is 2.14. The van der Waals surface area contributed by atoms with Gasteiger partial charge in [0.05, 0.1) is 5.60 Å². The van der Waals surface area contributed by atoms with E-state index in [0.29, 0.717) is 6.54 Å². The molecule has 0 saturated carbocycles. The average Bonchev–Trinajstić information content (AvgIpc) is 2.70. The second-order valence-electron chi connectivity index (χ2n) is 5.67. The Kier molecular flexibility index (Phi) is 4.76. The fraction of sp³-hybridized carbons (Fsp3) is 0.600. The fourth-order valence-corrected chi connectivity index (χ4v) is 3.29. The molecule has 0 spiro atoms. The van der Waals surface area contributed by atoms with E-state index in [0.717, 1.165) is 25.3 Å². The highest BCUT2D eigenvalue weighted by atomic mass is 32.2. The highest BCUT2D eigenvalue weighted by Gasteiger charge is 2.19. The van der Waals surface area contributed by atoms with Gasteiger partial charge in [0.2, 0.25) is 0 Å². The lowest BCUT2D eigenvalue weighted by molar-refractivity contribution is 0.0846. The molecule has 0 amide bonds. The molecular weight excluding hydrogens is 256 g/mol. The summed E-state index contributed by atoms with van der Waals surface area (Å²) < 4.78 is 0. The smallest absolute Gasteiger partial charge is 0.0833 e. The minimum absolute atomic E-state index is 0.629. The number of nitrogens with zero attached hydrogens (tertiary/aromatic N) is 1. The van der Waals surface area contributed by atoms with Crippen LogP contribution < -0.4 is 10.2 Å². The maximum absolute atomic E-state index is 10.1. The van der Waals surface area contributed by atoms with Crippen LogP contribution in [0.2, 0.25) is 0 Å². The average molecular weight is 280 g/mol. The van der Waals surface area contributed by atoms with E-state index in [1.165, 1.54) is 16.8 Å². The predicted molar refractivity (Wildman–Crippen MR) is 84.1 cm³/mol. The number of fused-ring (bicyclic) bond motifs is 1. The first-order chi connectivity index (χ1) is 9.02. The molecule has 19 heavy (non-hydrogen) atoms. The first-order valence-corrected chi connectivity index (χ1v) is 8.16. The topological polar surface area (TPSA) is 35.5 Å². The summed E-state index contributed by atoms with van der Waals surface area (Å²) in [6.45, 7) is 4.45. The highest BCUT2D eigenvalue weighted by molar-refractivity contribution is 7.98. The maximum atomic E-state index is 10.1. The molecule has 2 rings (SSSR count). The quantitative estimate of drug-likeness (QED) is 0.834. The van der Waals surface area contributed by atoms with Crippen molar-refractivity contribution >= 4 is 17.4 Å². The van der Waals surface area contributed by atoms with Crippen LogP contribution in [-0.2, 0) is 13.0 Å². The third-order valence-corrected chi connectivity index (χ3v) is 4.47. The van der Waals surface area contributed by atoms with E-state index in [-0.39, 0.29) is 0 Å². The lowest BCUT2D eigenvalue weighted by atomic mass is 10.1. The lowest BCUT2D eigenvalue weighted by Gasteiger charge is -2.22. The standard InChI is InChI=1S/C15H24N2OS/c1-15(18,11-19-3)10-16-9-12-4-5-14-13(8-12)6-7-17(14)2/h4-5,8,16,18H,6-7,9-11H2,1-3H3. The number of aliphatic hydroxyl groups is 1. The van der Waals surface area contributed by atoms with E-state index in [2.05, 4.69) is 35.5 Å². The molecule has 2 N–H and O–H groups in total. The minimum atomic E-state index is -0.629. The zero-order chi connectivity index (χ0) is 13.9. The van der Waals surface area contributed by atoms with Gasteiger partial charge in [0.1, 0.15) is 0 Å². The Morgan fingerprint density at radius 2 is 2.26 bits per heavy atom. The molecular formula is C15H24N2OS. The van der Waals surface area contributed by atoms with Crippen LogP contribution >= 0.6 is 11.8 Å². The molecule has 1 heterocycles. The summed E-state index contributed by atoms with van der Waals surface area (Å²) in [6.07, 6.45) is 3.16. The number of anilines is 1. The molecule has 1 aliphatic heterocycles. The van der Waals surface area contributed by atoms with Gasteiger partial charge in [0.15, 0.2) is 0 Å². The number of hydrogen-bond donors (Lipinski definition) is 2. The summed E-state index contributed by atoms with van der Waals surface area (Å²) in [6, 6.07) is 6.67. The van der Waals surface area contributed by atoms with Gasteiger partial charge in [-0.1, -0.05) is 12.1 Å². The Hall–Kier alpha value is -0.710. The van der Waals surface area contributed by atoms with Gasteiger partial charge in [-0.15, -0.1) is 0 Å². The van der Waals surface area contributed by atoms with Gasteiger partial charge < -0.3 is 15.3 Å². The van der Waals surface area contributed by atoms with E-state index in [9.17, 15) is 5.11 Å². The summed E-state index contributed by atoms with van der Waals surface area (Å²) in [5.74, 6) is 0.759. The van der Waals surface area contributed by atoms with Gasteiger partial charge in [-0.25, -0.2) is 0 Å². The van der Waals surface area contributed by atoms with E-state index in [1.807, 2.05) is 13.2 Å². The highest BCUT2D eigenvalue weighted by Crippen LogP contribution is 2.27. The molecule has 3 nitrogen and oxygen atoms in total. The van der Waals surface area contributed by atoms with Crippen molar-refractivity contribution in [2.45, 2.75) is 25.5 Å². The number of rotatable bonds is 6. The zero-order valence-electron chi connectivity index (χ0n) is 12.1. The molecule has 0 radical (unpaired) electrons. The van der Waals surface area contributed by atoms with Gasteiger partial charge in [0, 0.05) is 38.1 Å². The third-order valence-electron chi connectivity index (χ3n) is 3.56. The van der Waals surface area contributed by atoms with Crippen molar-refractivity contribution in [3.8, 4) is 0 Å². The van der Waals surface area contributed by atoms with Gasteiger partial charge >= 0.3 is 0 Å². The summed E-state index contributed by atoms with van der Waals surface area (Å²) in [5.41, 5.74) is 3.47. The van der Waals surface area contributed by atoms with Crippen LogP contribution in [0.5, 0.6) is 0 Å². The van der Waals surface area contributed by atoms with Crippen LogP contribution in [0.1, 0.15) is 18.1 Å². The second-order valence-corrected chi connectivity index (χ2v) is 6.53. The molecule has 0 aliphatic carbocycles. The van der Waals surface area contributed by atoms with Crippen molar-refractivity contribution in [2.24, 2.45) is 0 Å². The van der Waals surface area contributed by atoms with Crippen LogP contribution in [0.15, 0.2) is 18.2 Å². The molecule has 0 bridgehead atoms. The lowest BCUT2D eigenvalue weighted by Crippen LogP contribution is -2.39. The Labute approximate surface area is 120 Å². The molecule has 4 heteroatoms. The molecule has 1 aliphatic rings. The SMILES string of the molecule is CSCC(C)(O)CNCc1ccc2c(c1)CCN2C. The van der Waals surface area contributed by atoms with Gasteiger partial charge in [0.25, 0.3) is 0 Å². The van der Waals surface area contributed by atoms with E-state index < -0.39 is 5.60 Å². The number of nitrogens with one attached hydrogen (secondary N) is 1. The number of likely N-dealkylation sites (N-methyl/N-ethyl adjacent to an activating group) is 1. The van der Waals surface area contributed by atoms with Crippen LogP contribution in [0, 0.1) is 0 Å². The van der Waals surface area contributed by atoms with Gasteiger partial charge in [-0.2, -0.15) is 11.8 Å². The maximum Gasteiger partial charge on any atom is 0.0833 e. The van der Waals surface area contributed by atoms with Crippen molar-refractivity contribution in [2.75, 3.05) is 37.0 Å². The van der Waals surface area contributed by atoms with Crippen LogP contribution in [0.3, 0.4) is 0 Å². The zero-order valence-corrected chi connectivity index (χ0v) is 12.9. The van der Waals surface area contributed by atoms with Crippen LogP contribution in [0.25, 0.3) is 0 Å². The Morgan fingerprint density at radius 3 is 3.00 bits per heavy atom. The van der Waals surface area contributed by atoms with Crippen LogP contribution in [0.4, 0.5) is 5.69 Å². The van der Waals surface area contributed by atoms with E-state index in [4.69, 9.17) is 0 Å². The summed E-state index contributed by atoms with van der Waals surface area (Å²) in [4.78, 5) is 2.30. The summed E-state index contributed by atoms with van der Waals surface area (Å²) >= 11 is 1.68. The first kappa shape index (κ1) is 14.7. The van der Waals surface area contributed by atoms with Crippen molar-refractivity contribution in [3.05, 3.63) is 29.3 Å². The normalized spacial score (nSPS) is 17.4. The molecule has 0 saturated heterocycles. The van der Waals surface area contributed by atoms with E-state index in [1.54, 1.807) is 11.8 Å². The third kappa shape index (κ3) is 3.88. The second kappa shape index (κ2) is 6.16. The Morgan fingerprint density at radius 1 is 1.47 bits per heavy atom. The molecule has 0 aromatic heterocycles. The number of benzene rings is 1. The predicted octanol–water partition coefficient (Wildman–Crippen LogP) is 1.88. The molecule has 1 aromatic carbocycles. The largest absolute Gasteiger partial charge is 0.388 e. The minimum Gasteiger partial charge on any atom is -0.388 e. The first-order valence-electron chi connectivity index (χ1n) is 6.77.